The van der Waals surface area contributed by atoms with Gasteiger partial charge in [-0.2, -0.15) is 44.7 Å². The molecule has 168 valence electrons. The van der Waals surface area contributed by atoms with Gasteiger partial charge in [-0.3, -0.25) is 9.69 Å². The van der Waals surface area contributed by atoms with Crippen molar-refractivity contribution in [3.05, 3.63) is 16.4 Å². The first-order valence-corrected chi connectivity index (χ1v) is 8.92. The minimum atomic E-state index is -5.81. The summed E-state index contributed by atoms with van der Waals surface area (Å²) in [5, 5.41) is 3.98. The molecule has 1 fully saturated rings. The SMILES string of the molecule is COCc1nn2c(C(F)(F)F)c(CN3CN(CC(F)(F)C(F)(F)F)CC3=O)nc2s1. The zero-order valence-electron chi connectivity index (χ0n) is 15.0. The van der Waals surface area contributed by atoms with Crippen LogP contribution < -0.4 is 0 Å². The van der Waals surface area contributed by atoms with Crippen LogP contribution in [-0.4, -0.2) is 69.3 Å². The summed E-state index contributed by atoms with van der Waals surface area (Å²) in [5.41, 5.74) is -1.86. The molecule has 16 heteroatoms. The molecule has 3 rings (SSSR count). The lowest BCUT2D eigenvalue weighted by Crippen LogP contribution is -2.46. The molecule has 2 aromatic rings. The van der Waals surface area contributed by atoms with Crippen LogP contribution in [0.3, 0.4) is 0 Å². The van der Waals surface area contributed by atoms with Crippen molar-refractivity contribution in [2.24, 2.45) is 0 Å². The molecular formula is C14H13F8N5O2S. The van der Waals surface area contributed by atoms with E-state index >= 15 is 0 Å². The highest BCUT2D eigenvalue weighted by atomic mass is 32.1. The summed E-state index contributed by atoms with van der Waals surface area (Å²) in [4.78, 5) is 16.9. The lowest BCUT2D eigenvalue weighted by atomic mass is 10.3. The van der Waals surface area contributed by atoms with Crippen molar-refractivity contribution >= 4 is 22.2 Å². The number of halogens is 8. The zero-order valence-corrected chi connectivity index (χ0v) is 15.8. The van der Waals surface area contributed by atoms with E-state index in [1.54, 1.807) is 0 Å². The number of alkyl halides is 8. The highest BCUT2D eigenvalue weighted by Crippen LogP contribution is 2.37. The lowest BCUT2D eigenvalue weighted by Gasteiger charge is -2.24. The summed E-state index contributed by atoms with van der Waals surface area (Å²) in [5.74, 6) is -5.97. The number of carbonyl (C=O) groups is 1. The first-order chi connectivity index (χ1) is 13.7. The second-order valence-corrected chi connectivity index (χ2v) is 7.49. The molecule has 0 aromatic carbocycles. The van der Waals surface area contributed by atoms with Crippen molar-refractivity contribution in [3.8, 4) is 0 Å². The van der Waals surface area contributed by atoms with E-state index < -0.39 is 61.9 Å². The van der Waals surface area contributed by atoms with E-state index in [0.717, 1.165) is 16.2 Å². The number of ether oxygens (including phenoxy) is 1. The van der Waals surface area contributed by atoms with Crippen molar-refractivity contribution in [1.29, 1.82) is 0 Å². The van der Waals surface area contributed by atoms with Crippen LogP contribution in [0.15, 0.2) is 0 Å². The normalized spacial score (nSPS) is 17.0. The maximum absolute atomic E-state index is 13.5. The van der Waals surface area contributed by atoms with Gasteiger partial charge in [0.1, 0.15) is 5.01 Å². The molecular weight excluding hydrogens is 454 g/mol. The molecule has 1 amide bonds. The van der Waals surface area contributed by atoms with Gasteiger partial charge in [0.15, 0.2) is 5.69 Å². The number of amides is 1. The van der Waals surface area contributed by atoms with Gasteiger partial charge >= 0.3 is 18.3 Å². The zero-order chi connectivity index (χ0) is 22.5. The molecule has 30 heavy (non-hydrogen) atoms. The fourth-order valence-electron chi connectivity index (χ4n) is 2.86. The summed E-state index contributed by atoms with van der Waals surface area (Å²) in [7, 11) is 1.33. The standard InChI is InChI=1S/C14H13F8N5O2S/c1-29-4-8-24-27-10(13(17,18)19)7(23-11(27)30-8)2-26-6-25(3-9(26)28)5-12(15,16)14(20,21)22/h2-6H2,1H3. The third-order valence-electron chi connectivity index (χ3n) is 4.11. The third-order valence-corrected chi connectivity index (χ3v) is 5.00. The summed E-state index contributed by atoms with van der Waals surface area (Å²) < 4.78 is 109. The molecule has 0 N–H and O–H groups in total. The van der Waals surface area contributed by atoms with E-state index in [2.05, 4.69) is 10.1 Å². The molecule has 0 aliphatic carbocycles. The van der Waals surface area contributed by atoms with Crippen molar-refractivity contribution < 1.29 is 44.7 Å². The predicted molar refractivity (Wildman–Crippen MR) is 84.6 cm³/mol. The molecule has 0 saturated carbocycles. The van der Waals surface area contributed by atoms with Crippen molar-refractivity contribution in [1.82, 2.24) is 24.4 Å². The van der Waals surface area contributed by atoms with Crippen LogP contribution in [0.5, 0.6) is 0 Å². The fraction of sp³-hybridized carbons (Fsp3) is 0.643. The van der Waals surface area contributed by atoms with Gasteiger partial charge in [0.2, 0.25) is 10.9 Å². The number of imidazole rings is 1. The lowest BCUT2D eigenvalue weighted by molar-refractivity contribution is -0.286. The van der Waals surface area contributed by atoms with Crippen molar-refractivity contribution in [3.63, 3.8) is 0 Å². The Hall–Kier alpha value is -2.07. The highest BCUT2D eigenvalue weighted by molar-refractivity contribution is 7.16. The first-order valence-electron chi connectivity index (χ1n) is 8.11. The monoisotopic (exact) mass is 467 g/mol. The number of aromatic nitrogens is 3. The maximum Gasteiger partial charge on any atom is 0.454 e. The van der Waals surface area contributed by atoms with E-state index in [1.807, 2.05) is 0 Å². The summed E-state index contributed by atoms with van der Waals surface area (Å²) in [6.07, 6.45) is -10.7. The van der Waals surface area contributed by atoms with Crippen LogP contribution in [0.2, 0.25) is 0 Å². The Balaban J connectivity index is 1.82. The average Bonchev–Trinajstić information content (AvgIpc) is 3.18. The summed E-state index contributed by atoms with van der Waals surface area (Å²) in [6.45, 7) is -4.04. The Labute approximate surface area is 166 Å². The van der Waals surface area contributed by atoms with Crippen LogP contribution in [0.4, 0.5) is 35.1 Å². The summed E-state index contributed by atoms with van der Waals surface area (Å²) in [6, 6.07) is 0. The predicted octanol–water partition coefficient (Wildman–Crippen LogP) is 2.76. The number of nitrogens with zero attached hydrogens (tertiary/aromatic N) is 5. The van der Waals surface area contributed by atoms with Gasteiger partial charge in [-0.1, -0.05) is 11.3 Å². The van der Waals surface area contributed by atoms with E-state index in [1.165, 1.54) is 7.11 Å². The van der Waals surface area contributed by atoms with Gasteiger partial charge < -0.3 is 9.64 Å². The third kappa shape index (κ3) is 4.34. The van der Waals surface area contributed by atoms with E-state index in [4.69, 9.17) is 4.74 Å². The smallest absolute Gasteiger partial charge is 0.377 e. The van der Waals surface area contributed by atoms with Crippen molar-refractivity contribution in [2.45, 2.75) is 31.4 Å². The fourth-order valence-corrected chi connectivity index (χ4v) is 3.75. The Kier molecular flexibility index (Phi) is 5.70. The summed E-state index contributed by atoms with van der Waals surface area (Å²) >= 11 is 0.821. The second kappa shape index (κ2) is 7.56. The minimum Gasteiger partial charge on any atom is -0.377 e. The number of hydrogen-bond acceptors (Lipinski definition) is 6. The number of rotatable bonds is 6. The number of hydrogen-bond donors (Lipinski definition) is 0. The van der Waals surface area contributed by atoms with Gasteiger partial charge in [0.05, 0.1) is 38.6 Å². The van der Waals surface area contributed by atoms with Crippen LogP contribution in [0, 0.1) is 0 Å². The molecule has 3 heterocycles. The topological polar surface area (TPSA) is 63.0 Å². The number of carbonyl (C=O) groups excluding carboxylic acids is 1. The molecule has 0 spiro atoms. The molecule has 0 atom stereocenters. The molecule has 0 unspecified atom stereocenters. The molecule has 0 radical (unpaired) electrons. The number of methoxy groups -OCH3 is 1. The van der Waals surface area contributed by atoms with Crippen LogP contribution in [0.25, 0.3) is 4.96 Å². The number of fused-ring (bicyclic) bond motifs is 1. The molecule has 1 aliphatic rings. The minimum absolute atomic E-state index is 0.0480. The molecule has 1 aliphatic heterocycles. The molecule has 1 saturated heterocycles. The van der Waals surface area contributed by atoms with E-state index in [0.29, 0.717) is 9.42 Å². The molecule has 0 bridgehead atoms. The maximum atomic E-state index is 13.5. The largest absolute Gasteiger partial charge is 0.454 e. The Morgan fingerprint density at radius 1 is 1.13 bits per heavy atom. The Morgan fingerprint density at radius 3 is 2.37 bits per heavy atom. The van der Waals surface area contributed by atoms with E-state index in [-0.39, 0.29) is 16.6 Å². The van der Waals surface area contributed by atoms with Gasteiger partial charge in [0, 0.05) is 7.11 Å². The first kappa shape index (κ1) is 22.6. The quantitative estimate of drug-likeness (QED) is 0.612. The van der Waals surface area contributed by atoms with E-state index in [9.17, 15) is 39.9 Å². The van der Waals surface area contributed by atoms with Crippen LogP contribution in [-0.2, 0) is 28.9 Å². The van der Waals surface area contributed by atoms with Gasteiger partial charge in [-0.25, -0.2) is 4.98 Å². The Morgan fingerprint density at radius 2 is 1.80 bits per heavy atom. The van der Waals surface area contributed by atoms with Crippen molar-refractivity contribution in [2.75, 3.05) is 26.9 Å². The van der Waals surface area contributed by atoms with Gasteiger partial charge in [0.25, 0.3) is 0 Å². The van der Waals surface area contributed by atoms with Gasteiger partial charge in [-0.05, 0) is 0 Å². The van der Waals surface area contributed by atoms with Crippen LogP contribution in [0.1, 0.15) is 16.4 Å². The van der Waals surface area contributed by atoms with Crippen LogP contribution >= 0.6 is 11.3 Å². The highest BCUT2D eigenvalue weighted by Gasteiger charge is 2.58. The molecule has 7 nitrogen and oxygen atoms in total. The molecule has 2 aromatic heterocycles. The second-order valence-electron chi connectivity index (χ2n) is 6.45. The average molecular weight is 467 g/mol. The van der Waals surface area contributed by atoms with Gasteiger partial charge in [-0.15, -0.1) is 0 Å². The Bertz CT molecular complexity index is 937.